The van der Waals surface area contributed by atoms with Crippen LogP contribution in [0.15, 0.2) is 58.4 Å². The van der Waals surface area contributed by atoms with Gasteiger partial charge in [0.15, 0.2) is 6.61 Å². The molecular formula is C34H33N3O8S2. The number of ether oxygens (including phenoxy) is 3. The third-order valence-electron chi connectivity index (χ3n) is 10.3. The first-order chi connectivity index (χ1) is 22.8. The van der Waals surface area contributed by atoms with Gasteiger partial charge >= 0.3 is 10.8 Å². The Hall–Kier alpha value is -3.94. The minimum absolute atomic E-state index is 0.0233. The number of carbonyl (C=O) groups is 4. The standard InChI is InChI=1S/C34H33N3O8S2/c1-2-44-33(41)17-6-8-19(9-7-17)37-31(39)26-21-15-22(27(26)32(37)40)28-25(21)24(29-30(46-28)35-34(42)47-29)18-4-3-5-20(14-18)45-16-23(38)36-10-12-43-13-11-36/h3-9,14,21-22,24-28H,2,10-13,15-16H2,1H3,(H,35,42)/t21-,22-,24+,25-,26+,27+,28-/m1/s1. The summed E-state index contributed by atoms with van der Waals surface area (Å²) in [6, 6.07) is 14.1. The molecule has 0 spiro atoms. The maximum Gasteiger partial charge on any atom is 0.338 e. The van der Waals surface area contributed by atoms with Crippen molar-refractivity contribution in [3.05, 3.63) is 74.2 Å². The van der Waals surface area contributed by atoms with E-state index in [0.29, 0.717) is 43.3 Å². The van der Waals surface area contributed by atoms with Crippen LogP contribution in [0, 0.1) is 29.6 Å². The van der Waals surface area contributed by atoms with Gasteiger partial charge in [0.2, 0.25) is 11.8 Å². The average molecular weight is 676 g/mol. The van der Waals surface area contributed by atoms with E-state index in [0.717, 1.165) is 21.9 Å². The molecule has 47 heavy (non-hydrogen) atoms. The van der Waals surface area contributed by atoms with Crippen LogP contribution in [0.5, 0.6) is 5.75 Å². The first-order valence-electron chi connectivity index (χ1n) is 16.0. The van der Waals surface area contributed by atoms with Crippen LogP contribution in [0.2, 0.25) is 0 Å². The summed E-state index contributed by atoms with van der Waals surface area (Å²) in [6.07, 6.45) is 0.769. The Morgan fingerprint density at radius 2 is 1.74 bits per heavy atom. The summed E-state index contributed by atoms with van der Waals surface area (Å²) in [7, 11) is 0. The molecule has 1 N–H and O–H groups in total. The Morgan fingerprint density at radius 3 is 2.49 bits per heavy atom. The first kappa shape index (κ1) is 30.4. The normalized spacial score (nSPS) is 29.0. The minimum atomic E-state index is -0.455. The number of nitrogens with zero attached hydrogens (tertiary/aromatic N) is 2. The molecule has 7 atom stereocenters. The van der Waals surface area contributed by atoms with Crippen molar-refractivity contribution in [1.29, 1.82) is 0 Å². The number of carbonyl (C=O) groups excluding carboxylic acids is 4. The lowest BCUT2D eigenvalue weighted by atomic mass is 9.68. The molecule has 3 aliphatic heterocycles. The topological polar surface area (TPSA) is 135 Å². The van der Waals surface area contributed by atoms with Gasteiger partial charge in [0, 0.05) is 29.1 Å². The summed E-state index contributed by atoms with van der Waals surface area (Å²) in [5.74, 6) is -1.49. The van der Waals surface area contributed by atoms with E-state index in [9.17, 15) is 24.0 Å². The molecular weight excluding hydrogens is 643 g/mol. The van der Waals surface area contributed by atoms with Crippen molar-refractivity contribution in [2.24, 2.45) is 29.6 Å². The van der Waals surface area contributed by atoms with Gasteiger partial charge in [-0.15, -0.1) is 11.8 Å². The second kappa shape index (κ2) is 11.9. The fraction of sp³-hybridized carbons (Fsp3) is 0.441. The van der Waals surface area contributed by atoms with Crippen molar-refractivity contribution in [3.8, 4) is 5.75 Å². The highest BCUT2D eigenvalue weighted by Crippen LogP contribution is 2.68. The number of fused-ring (bicyclic) bond motifs is 9. The fourth-order valence-corrected chi connectivity index (χ4v) is 11.3. The number of benzene rings is 2. The quantitative estimate of drug-likeness (QED) is 0.295. The zero-order chi connectivity index (χ0) is 32.4. The number of aromatic nitrogens is 1. The maximum absolute atomic E-state index is 14.1. The fourth-order valence-electron chi connectivity index (χ4n) is 8.45. The second-order valence-corrected chi connectivity index (χ2v) is 14.8. The Morgan fingerprint density at radius 1 is 1.00 bits per heavy atom. The van der Waals surface area contributed by atoms with Crippen molar-refractivity contribution in [2.45, 2.75) is 29.5 Å². The van der Waals surface area contributed by atoms with Gasteiger partial charge in [0.1, 0.15) is 5.75 Å². The third kappa shape index (κ3) is 5.01. The highest BCUT2D eigenvalue weighted by molar-refractivity contribution is 8.00. The van der Waals surface area contributed by atoms with Gasteiger partial charge in [-0.05, 0) is 73.1 Å². The molecule has 0 unspecified atom stereocenters. The van der Waals surface area contributed by atoms with Crippen molar-refractivity contribution in [1.82, 2.24) is 9.88 Å². The van der Waals surface area contributed by atoms with E-state index in [1.165, 1.54) is 16.2 Å². The monoisotopic (exact) mass is 675 g/mol. The predicted molar refractivity (Wildman–Crippen MR) is 173 cm³/mol. The number of thioether (sulfide) groups is 1. The summed E-state index contributed by atoms with van der Waals surface area (Å²) < 4.78 is 16.4. The van der Waals surface area contributed by atoms with Gasteiger partial charge in [-0.25, -0.2) is 4.79 Å². The van der Waals surface area contributed by atoms with Gasteiger partial charge in [0.25, 0.3) is 5.91 Å². The number of hydrogen-bond donors (Lipinski definition) is 1. The largest absolute Gasteiger partial charge is 0.484 e. The number of aromatic amines is 1. The van der Waals surface area contributed by atoms with E-state index < -0.39 is 17.8 Å². The molecule has 8 rings (SSSR count). The van der Waals surface area contributed by atoms with Gasteiger partial charge in [-0.2, -0.15) is 0 Å². The maximum atomic E-state index is 14.1. The average Bonchev–Trinajstić information content (AvgIpc) is 3.83. The Bertz CT molecular complexity index is 1820. The highest BCUT2D eigenvalue weighted by Gasteiger charge is 2.69. The number of nitrogens with one attached hydrogen (secondary N) is 1. The number of H-pyrrole nitrogens is 1. The van der Waals surface area contributed by atoms with Gasteiger partial charge in [-0.3, -0.25) is 24.1 Å². The second-order valence-electron chi connectivity index (χ2n) is 12.6. The molecule has 5 aliphatic rings. The van der Waals surface area contributed by atoms with E-state index in [1.807, 2.05) is 24.3 Å². The Balaban J connectivity index is 1.08. The SMILES string of the molecule is CCOC(=O)c1ccc(N2C(=O)[C@H]3[C@H]4C[C@@H]([C@@H]3C2=O)[C@@H]2[C@H](c3cccc(OCC(=O)N5CCOCC5)c3)c3sc(=O)[nH]c3S[C@H]42)cc1. The Kier molecular flexibility index (Phi) is 7.72. The Labute approximate surface area is 278 Å². The lowest BCUT2D eigenvalue weighted by Gasteiger charge is -2.43. The molecule has 2 saturated carbocycles. The van der Waals surface area contributed by atoms with E-state index in [2.05, 4.69) is 4.98 Å². The molecule has 13 heteroatoms. The summed E-state index contributed by atoms with van der Waals surface area (Å²) in [4.78, 5) is 72.5. The number of anilines is 1. The molecule has 11 nitrogen and oxygen atoms in total. The molecule has 3 aromatic rings. The zero-order valence-corrected chi connectivity index (χ0v) is 27.2. The van der Waals surface area contributed by atoms with Crippen LogP contribution < -0.4 is 14.5 Å². The zero-order valence-electron chi connectivity index (χ0n) is 25.6. The van der Waals surface area contributed by atoms with E-state index in [-0.39, 0.29) is 64.7 Å². The van der Waals surface area contributed by atoms with E-state index in [1.54, 1.807) is 47.9 Å². The van der Waals surface area contributed by atoms with E-state index >= 15 is 0 Å². The van der Waals surface area contributed by atoms with Crippen molar-refractivity contribution >= 4 is 52.5 Å². The molecule has 2 aromatic carbocycles. The number of rotatable bonds is 7. The minimum Gasteiger partial charge on any atom is -0.484 e. The smallest absolute Gasteiger partial charge is 0.338 e. The molecule has 4 fully saturated rings. The van der Waals surface area contributed by atoms with Crippen LogP contribution in [0.4, 0.5) is 5.69 Å². The summed E-state index contributed by atoms with van der Waals surface area (Å²) in [6.45, 7) is 4.03. The molecule has 244 valence electrons. The van der Waals surface area contributed by atoms with Crippen LogP contribution in [0.25, 0.3) is 0 Å². The van der Waals surface area contributed by atoms with Crippen molar-refractivity contribution in [2.75, 3.05) is 44.4 Å². The molecule has 2 bridgehead atoms. The van der Waals surface area contributed by atoms with Crippen LogP contribution in [0.1, 0.15) is 40.1 Å². The molecule has 3 amide bonds. The van der Waals surface area contributed by atoms with Gasteiger partial charge < -0.3 is 24.1 Å². The lowest BCUT2D eigenvalue weighted by molar-refractivity contribution is -0.137. The molecule has 4 heterocycles. The number of amides is 3. The molecule has 1 aromatic heterocycles. The molecule has 2 saturated heterocycles. The summed E-state index contributed by atoms with van der Waals surface area (Å²) >= 11 is 2.83. The summed E-state index contributed by atoms with van der Waals surface area (Å²) in [5.41, 5.74) is 1.77. The van der Waals surface area contributed by atoms with Crippen molar-refractivity contribution in [3.63, 3.8) is 0 Å². The molecule has 0 radical (unpaired) electrons. The highest BCUT2D eigenvalue weighted by atomic mass is 32.2. The van der Waals surface area contributed by atoms with Gasteiger partial charge in [-0.1, -0.05) is 23.5 Å². The molecule has 2 aliphatic carbocycles. The van der Waals surface area contributed by atoms with Crippen LogP contribution in [0.3, 0.4) is 0 Å². The van der Waals surface area contributed by atoms with Crippen molar-refractivity contribution < 1.29 is 33.4 Å². The third-order valence-corrected chi connectivity index (χ3v) is 12.9. The first-order valence-corrected chi connectivity index (χ1v) is 17.7. The summed E-state index contributed by atoms with van der Waals surface area (Å²) in [5, 5.41) is 0.867. The number of thiazole rings is 1. The number of morpholine rings is 1. The predicted octanol–water partition coefficient (Wildman–Crippen LogP) is 3.53. The van der Waals surface area contributed by atoms with Crippen LogP contribution >= 0.6 is 23.1 Å². The van der Waals surface area contributed by atoms with Gasteiger partial charge in [0.05, 0.1) is 47.9 Å². The lowest BCUT2D eigenvalue weighted by Crippen LogP contribution is -2.43. The van der Waals surface area contributed by atoms with E-state index in [4.69, 9.17) is 14.2 Å². The number of imide groups is 1. The van der Waals surface area contributed by atoms with Crippen LogP contribution in [-0.4, -0.2) is 78.3 Å². The van der Waals surface area contributed by atoms with Crippen LogP contribution in [-0.2, 0) is 23.9 Å². The number of hydrogen-bond acceptors (Lipinski definition) is 10. The number of esters is 1.